The zero-order valence-electron chi connectivity index (χ0n) is 12.4. The average Bonchev–Trinajstić information content (AvgIpc) is 2.50. The molecule has 0 spiro atoms. The molecular formula is C16H25ClN2O. The van der Waals surface area contributed by atoms with E-state index in [-0.39, 0.29) is 0 Å². The van der Waals surface area contributed by atoms with Crippen molar-refractivity contribution in [2.24, 2.45) is 0 Å². The minimum atomic E-state index is 0.309. The van der Waals surface area contributed by atoms with Crippen LogP contribution in [0.1, 0.15) is 31.4 Å². The summed E-state index contributed by atoms with van der Waals surface area (Å²) in [4.78, 5) is 2.55. The van der Waals surface area contributed by atoms with Gasteiger partial charge in [0.1, 0.15) is 0 Å². The third-order valence-electron chi connectivity index (χ3n) is 4.15. The normalized spacial score (nSPS) is 21.9. The number of hydrogen-bond acceptors (Lipinski definition) is 3. The standard InChI is InChI=1S/C16H25ClN2O/c1-3-13-12-20-11-10-19(13)9-8-16(18-2)14-6-4-5-7-15(14)17/h4-7,13,16,18H,3,8-12H2,1-2H3. The lowest BCUT2D eigenvalue weighted by Gasteiger charge is -2.36. The van der Waals surface area contributed by atoms with Gasteiger partial charge < -0.3 is 10.1 Å². The second-order valence-corrected chi connectivity index (χ2v) is 5.73. The average molecular weight is 297 g/mol. The van der Waals surface area contributed by atoms with Crippen LogP contribution < -0.4 is 5.32 Å². The highest BCUT2D eigenvalue weighted by atomic mass is 35.5. The Balaban J connectivity index is 1.95. The fourth-order valence-corrected chi connectivity index (χ4v) is 3.13. The number of halogens is 1. The number of ether oxygens (including phenoxy) is 1. The van der Waals surface area contributed by atoms with Crippen LogP contribution in [0.25, 0.3) is 0 Å². The van der Waals surface area contributed by atoms with Gasteiger partial charge in [0.25, 0.3) is 0 Å². The molecule has 1 fully saturated rings. The Bertz CT molecular complexity index is 413. The topological polar surface area (TPSA) is 24.5 Å². The molecule has 3 nitrogen and oxygen atoms in total. The predicted octanol–water partition coefficient (Wildman–Crippen LogP) is 3.10. The quantitative estimate of drug-likeness (QED) is 0.873. The Kier molecular flexibility index (Phi) is 6.30. The number of hydrogen-bond donors (Lipinski definition) is 1. The van der Waals surface area contributed by atoms with Crippen molar-refractivity contribution in [1.29, 1.82) is 0 Å². The highest BCUT2D eigenvalue weighted by Crippen LogP contribution is 2.25. The fourth-order valence-electron chi connectivity index (χ4n) is 2.87. The lowest BCUT2D eigenvalue weighted by molar-refractivity contribution is -0.00997. The lowest BCUT2D eigenvalue weighted by Crippen LogP contribution is -2.46. The maximum absolute atomic E-state index is 6.30. The summed E-state index contributed by atoms with van der Waals surface area (Å²) in [5.74, 6) is 0. The molecule has 0 amide bonds. The van der Waals surface area contributed by atoms with Crippen molar-refractivity contribution >= 4 is 11.6 Å². The van der Waals surface area contributed by atoms with Crippen LogP contribution in [0.4, 0.5) is 0 Å². The predicted molar refractivity (Wildman–Crippen MR) is 84.3 cm³/mol. The van der Waals surface area contributed by atoms with E-state index in [2.05, 4.69) is 29.3 Å². The minimum absolute atomic E-state index is 0.309. The molecular weight excluding hydrogens is 272 g/mol. The van der Waals surface area contributed by atoms with Crippen LogP contribution in [0.2, 0.25) is 5.02 Å². The summed E-state index contributed by atoms with van der Waals surface area (Å²) in [7, 11) is 2.00. The van der Waals surface area contributed by atoms with E-state index in [1.165, 1.54) is 5.56 Å². The van der Waals surface area contributed by atoms with E-state index in [0.29, 0.717) is 12.1 Å². The SMILES string of the molecule is CCC1COCCN1CCC(NC)c1ccccc1Cl. The summed E-state index contributed by atoms with van der Waals surface area (Å²) in [6, 6.07) is 8.98. The molecule has 0 radical (unpaired) electrons. The number of rotatable bonds is 6. The van der Waals surface area contributed by atoms with E-state index < -0.39 is 0 Å². The van der Waals surface area contributed by atoms with Crippen LogP contribution in [0.5, 0.6) is 0 Å². The molecule has 1 aromatic rings. The molecule has 4 heteroatoms. The molecule has 2 atom stereocenters. The van der Waals surface area contributed by atoms with E-state index in [1.807, 2.05) is 19.2 Å². The van der Waals surface area contributed by atoms with E-state index in [0.717, 1.165) is 44.2 Å². The van der Waals surface area contributed by atoms with Gasteiger partial charge >= 0.3 is 0 Å². The molecule has 0 aromatic heterocycles. The number of morpholine rings is 1. The summed E-state index contributed by atoms with van der Waals surface area (Å²) in [6.45, 7) is 6.08. The van der Waals surface area contributed by atoms with Crippen molar-refractivity contribution in [1.82, 2.24) is 10.2 Å². The van der Waals surface area contributed by atoms with Gasteiger partial charge in [0, 0.05) is 30.2 Å². The van der Waals surface area contributed by atoms with Crippen LogP contribution >= 0.6 is 11.6 Å². The van der Waals surface area contributed by atoms with Gasteiger partial charge in [-0.15, -0.1) is 0 Å². The van der Waals surface area contributed by atoms with Crippen molar-refractivity contribution in [3.63, 3.8) is 0 Å². The van der Waals surface area contributed by atoms with Crippen molar-refractivity contribution in [2.45, 2.75) is 31.8 Å². The molecule has 1 aliphatic heterocycles. The van der Waals surface area contributed by atoms with E-state index in [9.17, 15) is 0 Å². The van der Waals surface area contributed by atoms with Crippen molar-refractivity contribution < 1.29 is 4.74 Å². The minimum Gasteiger partial charge on any atom is -0.378 e. The monoisotopic (exact) mass is 296 g/mol. The zero-order chi connectivity index (χ0) is 14.4. The molecule has 112 valence electrons. The van der Waals surface area contributed by atoms with Gasteiger partial charge in [0.15, 0.2) is 0 Å². The first-order valence-corrected chi connectivity index (χ1v) is 7.87. The molecule has 0 bridgehead atoms. The molecule has 1 aliphatic rings. The van der Waals surface area contributed by atoms with Gasteiger partial charge in [0.2, 0.25) is 0 Å². The van der Waals surface area contributed by atoms with E-state index in [1.54, 1.807) is 0 Å². The number of benzene rings is 1. The van der Waals surface area contributed by atoms with Gasteiger partial charge in [-0.1, -0.05) is 36.7 Å². The third kappa shape index (κ3) is 3.95. The Labute approximate surface area is 127 Å². The van der Waals surface area contributed by atoms with Crippen LogP contribution in [0.3, 0.4) is 0 Å². The molecule has 1 heterocycles. The summed E-state index contributed by atoms with van der Waals surface area (Å²) in [5, 5.41) is 4.24. The second-order valence-electron chi connectivity index (χ2n) is 5.32. The molecule has 20 heavy (non-hydrogen) atoms. The summed E-state index contributed by atoms with van der Waals surface area (Å²) in [6.07, 6.45) is 2.22. The Morgan fingerprint density at radius 2 is 2.25 bits per heavy atom. The second kappa shape index (κ2) is 7.99. The molecule has 1 saturated heterocycles. The lowest BCUT2D eigenvalue weighted by atomic mass is 10.0. The third-order valence-corrected chi connectivity index (χ3v) is 4.50. The smallest absolute Gasteiger partial charge is 0.0622 e. The van der Waals surface area contributed by atoms with Crippen LogP contribution in [-0.4, -0.2) is 44.3 Å². The van der Waals surface area contributed by atoms with Crippen molar-refractivity contribution in [3.8, 4) is 0 Å². The van der Waals surface area contributed by atoms with Gasteiger partial charge in [-0.05, 0) is 31.5 Å². The molecule has 2 rings (SSSR count). The molecule has 0 saturated carbocycles. The Hall–Kier alpha value is -0.610. The van der Waals surface area contributed by atoms with E-state index in [4.69, 9.17) is 16.3 Å². The maximum atomic E-state index is 6.30. The molecule has 2 unspecified atom stereocenters. The van der Waals surface area contributed by atoms with Gasteiger partial charge in [-0.2, -0.15) is 0 Å². The molecule has 1 aromatic carbocycles. The molecule has 0 aliphatic carbocycles. The van der Waals surface area contributed by atoms with Gasteiger partial charge in [0.05, 0.1) is 13.2 Å². The first-order chi connectivity index (χ1) is 9.76. The summed E-state index contributed by atoms with van der Waals surface area (Å²) in [5.41, 5.74) is 1.19. The van der Waals surface area contributed by atoms with Gasteiger partial charge in [-0.25, -0.2) is 0 Å². The van der Waals surface area contributed by atoms with Crippen LogP contribution in [0.15, 0.2) is 24.3 Å². The van der Waals surface area contributed by atoms with E-state index >= 15 is 0 Å². The summed E-state index contributed by atoms with van der Waals surface area (Å²) >= 11 is 6.30. The highest BCUT2D eigenvalue weighted by Gasteiger charge is 2.22. The summed E-state index contributed by atoms with van der Waals surface area (Å²) < 4.78 is 5.56. The number of nitrogens with one attached hydrogen (secondary N) is 1. The van der Waals surface area contributed by atoms with Crippen molar-refractivity contribution in [2.75, 3.05) is 33.4 Å². The first kappa shape index (κ1) is 15.8. The first-order valence-electron chi connectivity index (χ1n) is 7.49. The molecule has 1 N–H and O–H groups in total. The van der Waals surface area contributed by atoms with Crippen LogP contribution in [-0.2, 0) is 4.74 Å². The largest absolute Gasteiger partial charge is 0.378 e. The van der Waals surface area contributed by atoms with Gasteiger partial charge in [-0.3, -0.25) is 4.90 Å². The Morgan fingerprint density at radius 3 is 2.95 bits per heavy atom. The van der Waals surface area contributed by atoms with Crippen LogP contribution in [0, 0.1) is 0 Å². The number of nitrogens with zero attached hydrogens (tertiary/aromatic N) is 1. The fraction of sp³-hybridized carbons (Fsp3) is 0.625. The Morgan fingerprint density at radius 1 is 1.45 bits per heavy atom. The zero-order valence-corrected chi connectivity index (χ0v) is 13.2. The van der Waals surface area contributed by atoms with Crippen molar-refractivity contribution in [3.05, 3.63) is 34.9 Å². The maximum Gasteiger partial charge on any atom is 0.0622 e. The highest BCUT2D eigenvalue weighted by molar-refractivity contribution is 6.31.